The van der Waals surface area contributed by atoms with Crippen molar-refractivity contribution in [3.63, 3.8) is 0 Å². The molecule has 0 aromatic carbocycles. The summed E-state index contributed by atoms with van der Waals surface area (Å²) in [6, 6.07) is 0.547. The summed E-state index contributed by atoms with van der Waals surface area (Å²) in [6.07, 6.45) is 12.6. The van der Waals surface area contributed by atoms with E-state index < -0.39 is 0 Å². The van der Waals surface area contributed by atoms with Crippen LogP contribution in [0.3, 0.4) is 0 Å². The second kappa shape index (κ2) is 7.11. The van der Waals surface area contributed by atoms with E-state index in [1.165, 1.54) is 32.1 Å². The van der Waals surface area contributed by atoms with Gasteiger partial charge in [0.05, 0.1) is 0 Å². The SMILES string of the molecule is O=C(NC1CCCC1)N1CCCC(Cc2nncn2CC2CC2)C1. The van der Waals surface area contributed by atoms with Crippen molar-refractivity contribution in [2.24, 2.45) is 11.8 Å². The maximum absolute atomic E-state index is 12.5. The van der Waals surface area contributed by atoms with E-state index in [0.717, 1.165) is 57.1 Å². The number of amides is 2. The van der Waals surface area contributed by atoms with Crippen LogP contribution in [-0.2, 0) is 13.0 Å². The lowest BCUT2D eigenvalue weighted by molar-refractivity contribution is 0.161. The van der Waals surface area contributed by atoms with E-state index >= 15 is 0 Å². The highest BCUT2D eigenvalue weighted by atomic mass is 16.2. The third-order valence-corrected chi connectivity index (χ3v) is 5.81. The number of piperidine rings is 1. The molecule has 0 spiro atoms. The minimum absolute atomic E-state index is 0.144. The van der Waals surface area contributed by atoms with E-state index in [4.69, 9.17) is 0 Å². The molecule has 4 rings (SSSR count). The minimum atomic E-state index is 0.144. The summed E-state index contributed by atoms with van der Waals surface area (Å²) < 4.78 is 2.23. The van der Waals surface area contributed by atoms with Gasteiger partial charge < -0.3 is 14.8 Å². The molecular weight excluding hydrogens is 302 g/mol. The Morgan fingerprint density at radius 1 is 1.12 bits per heavy atom. The summed E-state index contributed by atoms with van der Waals surface area (Å²) in [4.78, 5) is 14.5. The van der Waals surface area contributed by atoms with Gasteiger partial charge in [-0.05, 0) is 50.4 Å². The molecule has 1 unspecified atom stereocenters. The van der Waals surface area contributed by atoms with Gasteiger partial charge in [0.25, 0.3) is 0 Å². The van der Waals surface area contributed by atoms with Crippen molar-refractivity contribution in [1.82, 2.24) is 25.0 Å². The van der Waals surface area contributed by atoms with Gasteiger partial charge in [0.1, 0.15) is 12.2 Å². The Balaban J connectivity index is 1.31. The number of carbonyl (C=O) groups excluding carboxylic acids is 1. The molecule has 132 valence electrons. The topological polar surface area (TPSA) is 63.1 Å². The predicted molar refractivity (Wildman–Crippen MR) is 91.5 cm³/mol. The van der Waals surface area contributed by atoms with E-state index in [1.54, 1.807) is 0 Å². The number of rotatable bonds is 5. The van der Waals surface area contributed by atoms with E-state index in [0.29, 0.717) is 12.0 Å². The summed E-state index contributed by atoms with van der Waals surface area (Å²) in [5, 5.41) is 11.7. The fraction of sp³-hybridized carbons (Fsp3) is 0.833. The molecule has 2 amide bonds. The van der Waals surface area contributed by atoms with E-state index in [1.807, 2.05) is 11.2 Å². The monoisotopic (exact) mass is 331 g/mol. The molecule has 1 aromatic heterocycles. The molecule has 0 radical (unpaired) electrons. The second-order valence-corrected chi connectivity index (χ2v) is 7.93. The van der Waals surface area contributed by atoms with Gasteiger partial charge in [0.15, 0.2) is 0 Å². The Hall–Kier alpha value is -1.59. The second-order valence-electron chi connectivity index (χ2n) is 7.93. The average molecular weight is 331 g/mol. The van der Waals surface area contributed by atoms with Crippen molar-refractivity contribution in [3.8, 4) is 0 Å². The van der Waals surface area contributed by atoms with Crippen molar-refractivity contribution in [2.75, 3.05) is 13.1 Å². The van der Waals surface area contributed by atoms with Gasteiger partial charge in [0, 0.05) is 32.1 Å². The largest absolute Gasteiger partial charge is 0.335 e. The quantitative estimate of drug-likeness (QED) is 0.902. The summed E-state index contributed by atoms with van der Waals surface area (Å²) in [6.45, 7) is 2.82. The van der Waals surface area contributed by atoms with Gasteiger partial charge in [-0.2, -0.15) is 0 Å². The molecular formula is C18H29N5O. The van der Waals surface area contributed by atoms with Gasteiger partial charge in [-0.3, -0.25) is 0 Å². The van der Waals surface area contributed by atoms with Gasteiger partial charge in [0.2, 0.25) is 0 Å². The molecule has 2 aliphatic carbocycles. The van der Waals surface area contributed by atoms with Crippen LogP contribution in [0.15, 0.2) is 6.33 Å². The molecule has 6 nitrogen and oxygen atoms in total. The van der Waals surface area contributed by atoms with Gasteiger partial charge in [-0.1, -0.05) is 12.8 Å². The number of hydrogen-bond donors (Lipinski definition) is 1. The number of nitrogens with zero attached hydrogens (tertiary/aromatic N) is 4. The van der Waals surface area contributed by atoms with Crippen LogP contribution in [0.25, 0.3) is 0 Å². The summed E-state index contributed by atoms with van der Waals surface area (Å²) in [7, 11) is 0. The highest BCUT2D eigenvalue weighted by molar-refractivity contribution is 5.74. The zero-order valence-corrected chi connectivity index (χ0v) is 14.5. The van der Waals surface area contributed by atoms with E-state index in [9.17, 15) is 4.79 Å². The van der Waals surface area contributed by atoms with Crippen molar-refractivity contribution in [3.05, 3.63) is 12.2 Å². The van der Waals surface area contributed by atoms with Crippen molar-refractivity contribution in [2.45, 2.75) is 70.4 Å². The molecule has 1 aliphatic heterocycles. The van der Waals surface area contributed by atoms with E-state index in [2.05, 4.69) is 20.1 Å². The smallest absolute Gasteiger partial charge is 0.317 e. The first-order chi connectivity index (χ1) is 11.8. The molecule has 1 N–H and O–H groups in total. The Morgan fingerprint density at radius 3 is 2.75 bits per heavy atom. The number of nitrogens with one attached hydrogen (secondary N) is 1. The normalized spacial score (nSPS) is 25.2. The molecule has 6 heteroatoms. The van der Waals surface area contributed by atoms with Crippen LogP contribution in [0.4, 0.5) is 4.79 Å². The fourth-order valence-corrected chi connectivity index (χ4v) is 4.18. The summed E-state index contributed by atoms with van der Waals surface area (Å²) in [5.74, 6) is 2.44. The molecule has 1 atom stereocenters. The Kier molecular flexibility index (Phi) is 4.72. The number of aromatic nitrogens is 3. The molecule has 2 saturated carbocycles. The molecule has 0 bridgehead atoms. The first-order valence-electron chi connectivity index (χ1n) is 9.70. The predicted octanol–water partition coefficient (Wildman–Crippen LogP) is 2.59. The lowest BCUT2D eigenvalue weighted by atomic mass is 9.94. The number of likely N-dealkylation sites (tertiary alicyclic amines) is 1. The zero-order chi connectivity index (χ0) is 16.4. The molecule has 2 heterocycles. The van der Waals surface area contributed by atoms with Crippen molar-refractivity contribution < 1.29 is 4.79 Å². The third kappa shape index (κ3) is 3.90. The maximum atomic E-state index is 12.5. The number of carbonyl (C=O) groups is 1. The Bertz CT molecular complexity index is 562. The van der Waals surface area contributed by atoms with Gasteiger partial charge in [-0.15, -0.1) is 10.2 Å². The maximum Gasteiger partial charge on any atom is 0.317 e. The summed E-state index contributed by atoms with van der Waals surface area (Å²) in [5.41, 5.74) is 0. The zero-order valence-electron chi connectivity index (χ0n) is 14.5. The molecule has 1 aromatic rings. The first-order valence-corrected chi connectivity index (χ1v) is 9.70. The molecule has 24 heavy (non-hydrogen) atoms. The van der Waals surface area contributed by atoms with Crippen LogP contribution in [0.2, 0.25) is 0 Å². The lowest BCUT2D eigenvalue weighted by Crippen LogP contribution is -2.48. The Morgan fingerprint density at radius 2 is 1.96 bits per heavy atom. The first kappa shape index (κ1) is 15.9. The van der Waals surface area contributed by atoms with E-state index in [-0.39, 0.29) is 6.03 Å². The van der Waals surface area contributed by atoms with Crippen LogP contribution in [0.5, 0.6) is 0 Å². The third-order valence-electron chi connectivity index (χ3n) is 5.81. The highest BCUT2D eigenvalue weighted by Gasteiger charge is 2.28. The van der Waals surface area contributed by atoms with Crippen LogP contribution >= 0.6 is 0 Å². The van der Waals surface area contributed by atoms with Crippen LogP contribution in [-0.4, -0.2) is 44.8 Å². The van der Waals surface area contributed by atoms with Crippen LogP contribution < -0.4 is 5.32 Å². The average Bonchev–Trinajstić information content (AvgIpc) is 3.06. The standard InChI is InChI=1S/C18H29N5O/c24-18(20-16-5-1-2-6-16)22-9-3-4-15(12-22)10-17-21-19-13-23(17)11-14-7-8-14/h13-16H,1-12H2,(H,20,24). The minimum Gasteiger partial charge on any atom is -0.335 e. The number of urea groups is 1. The van der Waals surface area contributed by atoms with Gasteiger partial charge in [-0.25, -0.2) is 4.79 Å². The van der Waals surface area contributed by atoms with Crippen molar-refractivity contribution in [1.29, 1.82) is 0 Å². The molecule has 3 fully saturated rings. The number of hydrogen-bond acceptors (Lipinski definition) is 3. The van der Waals surface area contributed by atoms with Crippen LogP contribution in [0.1, 0.15) is 57.2 Å². The summed E-state index contributed by atoms with van der Waals surface area (Å²) >= 11 is 0. The molecule has 3 aliphatic rings. The molecule has 1 saturated heterocycles. The lowest BCUT2D eigenvalue weighted by Gasteiger charge is -2.33. The van der Waals surface area contributed by atoms with Crippen molar-refractivity contribution >= 4 is 6.03 Å². The highest BCUT2D eigenvalue weighted by Crippen LogP contribution is 2.31. The Labute approximate surface area is 144 Å². The fourth-order valence-electron chi connectivity index (χ4n) is 4.18. The van der Waals surface area contributed by atoms with Gasteiger partial charge >= 0.3 is 6.03 Å². The van der Waals surface area contributed by atoms with Crippen LogP contribution in [0, 0.1) is 11.8 Å².